The highest BCUT2D eigenvalue weighted by Gasteiger charge is 2.20. The van der Waals surface area contributed by atoms with Crippen molar-refractivity contribution < 1.29 is 9.72 Å². The molecule has 0 aromatic carbocycles. The number of nitro groups is 1. The smallest absolute Gasteiger partial charge is 0.300 e. The minimum atomic E-state index is -0.673. The number of nitrogens with two attached hydrogens (primary N) is 1. The van der Waals surface area contributed by atoms with Crippen LogP contribution in [0.15, 0.2) is 36.8 Å². The van der Waals surface area contributed by atoms with E-state index in [-0.39, 0.29) is 23.6 Å². The number of aromatic nitrogens is 2. The molecule has 0 saturated carbocycles. The van der Waals surface area contributed by atoms with Crippen LogP contribution < -0.4 is 11.1 Å². The van der Waals surface area contributed by atoms with E-state index in [1.54, 1.807) is 24.5 Å². The number of nitrogens with zero attached hydrogens (tertiary/aromatic N) is 3. The molecule has 2 rings (SSSR count). The van der Waals surface area contributed by atoms with Gasteiger partial charge in [0, 0.05) is 18.9 Å². The van der Waals surface area contributed by atoms with Gasteiger partial charge in [-0.2, -0.15) is 0 Å². The fraction of sp³-hybridized carbons (Fsp3) is 0.0833. The Morgan fingerprint density at radius 2 is 2.10 bits per heavy atom. The van der Waals surface area contributed by atoms with Crippen molar-refractivity contribution in [3.05, 3.63) is 58.0 Å². The van der Waals surface area contributed by atoms with Crippen molar-refractivity contribution in [2.24, 2.45) is 0 Å². The summed E-state index contributed by atoms with van der Waals surface area (Å²) >= 11 is 0. The maximum Gasteiger partial charge on any atom is 0.300 e. The summed E-state index contributed by atoms with van der Waals surface area (Å²) in [4.78, 5) is 29.6. The summed E-state index contributed by atoms with van der Waals surface area (Å²) in [5.41, 5.74) is 5.79. The molecule has 2 aromatic heterocycles. The Balaban J connectivity index is 2.17. The van der Waals surface area contributed by atoms with Gasteiger partial charge in [-0.3, -0.25) is 19.9 Å². The van der Waals surface area contributed by atoms with E-state index >= 15 is 0 Å². The summed E-state index contributed by atoms with van der Waals surface area (Å²) in [7, 11) is 0. The van der Waals surface area contributed by atoms with Gasteiger partial charge in [0.15, 0.2) is 0 Å². The lowest BCUT2D eigenvalue weighted by molar-refractivity contribution is -0.385. The molecule has 20 heavy (non-hydrogen) atoms. The molecule has 8 heteroatoms. The lowest BCUT2D eigenvalue weighted by Gasteiger charge is -2.06. The molecule has 0 unspecified atom stereocenters. The van der Waals surface area contributed by atoms with Crippen molar-refractivity contribution in [1.82, 2.24) is 15.3 Å². The van der Waals surface area contributed by atoms with Crippen LogP contribution >= 0.6 is 0 Å². The first-order chi connectivity index (χ1) is 9.58. The molecule has 102 valence electrons. The molecular formula is C12H11N5O3. The second-order valence-corrected chi connectivity index (χ2v) is 3.92. The van der Waals surface area contributed by atoms with E-state index < -0.39 is 10.8 Å². The minimum absolute atomic E-state index is 0.0460. The van der Waals surface area contributed by atoms with Crippen LogP contribution in [0.2, 0.25) is 0 Å². The maximum absolute atomic E-state index is 12.0. The number of pyridine rings is 2. The van der Waals surface area contributed by atoms with Gasteiger partial charge >= 0.3 is 0 Å². The van der Waals surface area contributed by atoms with Gasteiger partial charge in [-0.1, -0.05) is 0 Å². The van der Waals surface area contributed by atoms with Gasteiger partial charge in [0.2, 0.25) is 0 Å². The maximum atomic E-state index is 12.0. The number of carbonyl (C=O) groups is 1. The van der Waals surface area contributed by atoms with Crippen LogP contribution in [0, 0.1) is 10.1 Å². The second kappa shape index (κ2) is 5.74. The van der Waals surface area contributed by atoms with E-state index in [1.165, 1.54) is 6.07 Å². The van der Waals surface area contributed by atoms with Crippen molar-refractivity contribution in [1.29, 1.82) is 0 Å². The van der Waals surface area contributed by atoms with Crippen molar-refractivity contribution in [3.8, 4) is 0 Å². The molecular weight excluding hydrogens is 262 g/mol. The SMILES string of the molecule is Nc1cc(C(=O)NCc2ccncc2)c([N+](=O)[O-])cn1. The molecule has 1 amide bonds. The topological polar surface area (TPSA) is 124 Å². The van der Waals surface area contributed by atoms with Gasteiger partial charge in [0.25, 0.3) is 11.6 Å². The monoisotopic (exact) mass is 273 g/mol. The third-order valence-corrected chi connectivity index (χ3v) is 2.55. The molecule has 0 spiro atoms. The highest BCUT2D eigenvalue weighted by atomic mass is 16.6. The van der Waals surface area contributed by atoms with Crippen molar-refractivity contribution in [2.75, 3.05) is 5.73 Å². The molecule has 0 atom stereocenters. The molecule has 2 heterocycles. The standard InChI is InChI=1S/C12H11N5O3/c13-11-5-9(10(7-15-11)17(19)20)12(18)16-6-8-1-3-14-4-2-8/h1-5,7H,6H2,(H2,13,15)(H,16,18). The average Bonchev–Trinajstić information content (AvgIpc) is 2.45. The summed E-state index contributed by atoms with van der Waals surface area (Å²) in [6.07, 6.45) is 4.15. The molecule has 0 bridgehead atoms. The van der Waals surface area contributed by atoms with E-state index in [1.807, 2.05) is 0 Å². The zero-order valence-corrected chi connectivity index (χ0v) is 10.3. The van der Waals surface area contributed by atoms with E-state index in [0.717, 1.165) is 11.8 Å². The number of rotatable bonds is 4. The quantitative estimate of drug-likeness (QED) is 0.629. The summed E-state index contributed by atoms with van der Waals surface area (Å²) in [6.45, 7) is 0.237. The number of anilines is 1. The van der Waals surface area contributed by atoms with E-state index in [9.17, 15) is 14.9 Å². The lowest BCUT2D eigenvalue weighted by Crippen LogP contribution is -2.24. The van der Waals surface area contributed by atoms with E-state index in [4.69, 9.17) is 5.73 Å². The highest BCUT2D eigenvalue weighted by Crippen LogP contribution is 2.18. The first-order valence-electron chi connectivity index (χ1n) is 5.65. The third kappa shape index (κ3) is 3.05. The van der Waals surface area contributed by atoms with Crippen LogP contribution in [0.5, 0.6) is 0 Å². The molecule has 0 radical (unpaired) electrons. The van der Waals surface area contributed by atoms with Gasteiger partial charge in [-0.15, -0.1) is 0 Å². The summed E-state index contributed by atoms with van der Waals surface area (Å²) in [5, 5.41) is 13.4. The molecule has 8 nitrogen and oxygen atoms in total. The van der Waals surface area contributed by atoms with Crippen molar-refractivity contribution in [2.45, 2.75) is 6.54 Å². The fourth-order valence-corrected chi connectivity index (χ4v) is 1.57. The van der Waals surface area contributed by atoms with Crippen LogP contribution in [-0.2, 0) is 6.54 Å². The average molecular weight is 273 g/mol. The number of carbonyl (C=O) groups excluding carboxylic acids is 1. The Kier molecular flexibility index (Phi) is 3.85. The van der Waals surface area contributed by atoms with Crippen molar-refractivity contribution >= 4 is 17.4 Å². The van der Waals surface area contributed by atoms with Crippen LogP contribution in [0.1, 0.15) is 15.9 Å². The van der Waals surface area contributed by atoms with Crippen molar-refractivity contribution in [3.63, 3.8) is 0 Å². The molecule has 0 aliphatic heterocycles. The fourth-order valence-electron chi connectivity index (χ4n) is 1.57. The second-order valence-electron chi connectivity index (χ2n) is 3.92. The van der Waals surface area contributed by atoms with Gasteiger partial charge in [-0.25, -0.2) is 4.98 Å². The third-order valence-electron chi connectivity index (χ3n) is 2.55. The van der Waals surface area contributed by atoms with Crippen LogP contribution in [0.4, 0.5) is 11.5 Å². The summed E-state index contributed by atoms with van der Waals surface area (Å²) in [6, 6.07) is 4.64. The van der Waals surface area contributed by atoms with Crippen LogP contribution in [0.25, 0.3) is 0 Å². The first-order valence-corrected chi connectivity index (χ1v) is 5.65. The Morgan fingerprint density at radius 3 is 2.75 bits per heavy atom. The molecule has 0 saturated heterocycles. The molecule has 2 aromatic rings. The normalized spacial score (nSPS) is 10.0. The highest BCUT2D eigenvalue weighted by molar-refractivity contribution is 5.98. The number of nitrogen functional groups attached to an aromatic ring is 1. The Morgan fingerprint density at radius 1 is 1.40 bits per heavy atom. The van der Waals surface area contributed by atoms with Crippen LogP contribution in [-0.4, -0.2) is 20.8 Å². The van der Waals surface area contributed by atoms with Gasteiger partial charge < -0.3 is 11.1 Å². The summed E-state index contributed by atoms with van der Waals surface area (Å²) in [5.74, 6) is -0.535. The minimum Gasteiger partial charge on any atom is -0.384 e. The number of nitrogens with one attached hydrogen (secondary N) is 1. The molecule has 0 aliphatic carbocycles. The predicted octanol–water partition coefficient (Wildman–Crippen LogP) is 0.897. The van der Waals surface area contributed by atoms with E-state index in [2.05, 4.69) is 15.3 Å². The zero-order chi connectivity index (χ0) is 14.5. The van der Waals surface area contributed by atoms with Gasteiger partial charge in [0.1, 0.15) is 17.6 Å². The summed E-state index contributed by atoms with van der Waals surface area (Å²) < 4.78 is 0. The Hall–Kier alpha value is -3.03. The number of amides is 1. The molecule has 0 fully saturated rings. The van der Waals surface area contributed by atoms with Gasteiger partial charge in [-0.05, 0) is 23.8 Å². The number of hydrogen-bond donors (Lipinski definition) is 2. The Labute approximate surface area is 113 Å². The lowest BCUT2D eigenvalue weighted by atomic mass is 10.2. The number of hydrogen-bond acceptors (Lipinski definition) is 6. The predicted molar refractivity (Wildman–Crippen MR) is 70.7 cm³/mol. The largest absolute Gasteiger partial charge is 0.384 e. The molecule has 3 N–H and O–H groups in total. The van der Waals surface area contributed by atoms with Gasteiger partial charge in [0.05, 0.1) is 4.92 Å². The Bertz CT molecular complexity index is 645. The molecule has 0 aliphatic rings. The van der Waals surface area contributed by atoms with E-state index in [0.29, 0.717) is 0 Å². The first kappa shape index (κ1) is 13.4. The van der Waals surface area contributed by atoms with Crippen LogP contribution in [0.3, 0.4) is 0 Å². The zero-order valence-electron chi connectivity index (χ0n) is 10.3.